The summed E-state index contributed by atoms with van der Waals surface area (Å²) in [5.74, 6) is 0.313. The number of carbonyl (C=O) groups is 1. The molecule has 0 bridgehead atoms. The number of fused-ring (bicyclic) bond motifs is 1. The minimum absolute atomic E-state index is 0.0478. The third-order valence-electron chi connectivity index (χ3n) is 4.14. The van der Waals surface area contributed by atoms with E-state index in [0.29, 0.717) is 18.9 Å². The lowest BCUT2D eigenvalue weighted by atomic mass is 9.97. The van der Waals surface area contributed by atoms with E-state index in [-0.39, 0.29) is 11.8 Å². The Labute approximate surface area is 123 Å². The molecule has 2 aromatic rings. The monoisotopic (exact) mass is 284 g/mol. The van der Waals surface area contributed by atoms with E-state index in [4.69, 9.17) is 11.5 Å². The first kappa shape index (κ1) is 13.8. The summed E-state index contributed by atoms with van der Waals surface area (Å²) in [6.45, 7) is 2.39. The third kappa shape index (κ3) is 2.97. The SMILES string of the molecule is NC(=O)C1CCCN(Cc2cc3ccccc3nc2N)C1. The highest BCUT2D eigenvalue weighted by molar-refractivity contribution is 5.81. The van der Waals surface area contributed by atoms with E-state index in [1.54, 1.807) is 0 Å². The van der Waals surface area contributed by atoms with Crippen LogP contribution in [0.2, 0.25) is 0 Å². The zero-order valence-corrected chi connectivity index (χ0v) is 12.0. The number of benzene rings is 1. The molecule has 4 N–H and O–H groups in total. The average molecular weight is 284 g/mol. The van der Waals surface area contributed by atoms with Gasteiger partial charge in [-0.25, -0.2) is 4.98 Å². The summed E-state index contributed by atoms with van der Waals surface area (Å²) in [5, 5.41) is 1.09. The Morgan fingerprint density at radius 2 is 2.19 bits per heavy atom. The quantitative estimate of drug-likeness (QED) is 0.894. The van der Waals surface area contributed by atoms with Crippen LogP contribution < -0.4 is 11.5 Å². The molecule has 1 fully saturated rings. The van der Waals surface area contributed by atoms with Gasteiger partial charge in [-0.15, -0.1) is 0 Å². The van der Waals surface area contributed by atoms with Crippen LogP contribution in [0.1, 0.15) is 18.4 Å². The molecule has 5 heteroatoms. The number of piperidine rings is 1. The zero-order chi connectivity index (χ0) is 14.8. The molecule has 1 aliphatic heterocycles. The van der Waals surface area contributed by atoms with Crippen LogP contribution in [0.5, 0.6) is 0 Å². The predicted molar refractivity (Wildman–Crippen MR) is 83.4 cm³/mol. The smallest absolute Gasteiger partial charge is 0.221 e. The van der Waals surface area contributed by atoms with Crippen molar-refractivity contribution in [2.75, 3.05) is 18.8 Å². The molecule has 5 nitrogen and oxygen atoms in total. The van der Waals surface area contributed by atoms with Crippen molar-refractivity contribution in [3.05, 3.63) is 35.9 Å². The number of hydrogen-bond donors (Lipinski definition) is 2. The summed E-state index contributed by atoms with van der Waals surface area (Å²) in [6.07, 6.45) is 1.88. The van der Waals surface area contributed by atoms with Crippen LogP contribution >= 0.6 is 0 Å². The largest absolute Gasteiger partial charge is 0.383 e. The molecule has 2 heterocycles. The van der Waals surface area contributed by atoms with Gasteiger partial charge in [-0.2, -0.15) is 0 Å². The molecule has 1 amide bonds. The number of aromatic nitrogens is 1. The molecular formula is C16H20N4O. The molecule has 0 saturated carbocycles. The maximum absolute atomic E-state index is 11.4. The van der Waals surface area contributed by atoms with Gasteiger partial charge in [0.2, 0.25) is 5.91 Å². The normalized spacial score (nSPS) is 19.7. The van der Waals surface area contributed by atoms with E-state index in [2.05, 4.69) is 16.0 Å². The van der Waals surface area contributed by atoms with E-state index < -0.39 is 0 Å². The average Bonchev–Trinajstić information content (AvgIpc) is 2.48. The molecule has 3 rings (SSSR count). The van der Waals surface area contributed by atoms with Crippen LogP contribution in [0.3, 0.4) is 0 Å². The lowest BCUT2D eigenvalue weighted by molar-refractivity contribution is -0.123. The van der Waals surface area contributed by atoms with Crippen LogP contribution in [0.4, 0.5) is 5.82 Å². The molecular weight excluding hydrogens is 264 g/mol. The van der Waals surface area contributed by atoms with Crippen LogP contribution in [0, 0.1) is 5.92 Å². The number of primary amides is 1. The van der Waals surface area contributed by atoms with Crippen molar-refractivity contribution in [2.24, 2.45) is 11.7 Å². The Morgan fingerprint density at radius 1 is 1.38 bits per heavy atom. The second-order valence-electron chi connectivity index (χ2n) is 5.70. The molecule has 1 aromatic heterocycles. The van der Waals surface area contributed by atoms with Crippen LogP contribution in [-0.4, -0.2) is 28.9 Å². The van der Waals surface area contributed by atoms with Crippen LogP contribution in [0.25, 0.3) is 10.9 Å². The minimum Gasteiger partial charge on any atom is -0.383 e. The summed E-state index contributed by atoms with van der Waals surface area (Å²) in [4.78, 5) is 18.0. The summed E-state index contributed by atoms with van der Waals surface area (Å²) in [6, 6.07) is 10.0. The maximum Gasteiger partial charge on any atom is 0.221 e. The Hall–Kier alpha value is -2.14. The fourth-order valence-electron chi connectivity index (χ4n) is 2.97. The number of pyridine rings is 1. The van der Waals surface area contributed by atoms with Crippen molar-refractivity contribution >= 4 is 22.6 Å². The number of likely N-dealkylation sites (tertiary alicyclic amines) is 1. The second-order valence-corrected chi connectivity index (χ2v) is 5.70. The highest BCUT2D eigenvalue weighted by atomic mass is 16.1. The fourth-order valence-corrected chi connectivity index (χ4v) is 2.97. The highest BCUT2D eigenvalue weighted by Gasteiger charge is 2.24. The van der Waals surface area contributed by atoms with Gasteiger partial charge in [0.1, 0.15) is 5.82 Å². The van der Waals surface area contributed by atoms with Crippen LogP contribution in [-0.2, 0) is 11.3 Å². The molecule has 0 aliphatic carbocycles. The van der Waals surface area contributed by atoms with Gasteiger partial charge >= 0.3 is 0 Å². The molecule has 1 aromatic carbocycles. The van der Waals surface area contributed by atoms with Crippen molar-refractivity contribution in [2.45, 2.75) is 19.4 Å². The lowest BCUT2D eigenvalue weighted by Gasteiger charge is -2.31. The van der Waals surface area contributed by atoms with E-state index in [9.17, 15) is 4.79 Å². The first-order valence-corrected chi connectivity index (χ1v) is 7.29. The van der Waals surface area contributed by atoms with Crippen LogP contribution in [0.15, 0.2) is 30.3 Å². The van der Waals surface area contributed by atoms with Gasteiger partial charge in [-0.1, -0.05) is 18.2 Å². The number of hydrogen-bond acceptors (Lipinski definition) is 4. The Morgan fingerprint density at radius 3 is 3.00 bits per heavy atom. The van der Waals surface area contributed by atoms with Gasteiger partial charge in [0.25, 0.3) is 0 Å². The Bertz CT molecular complexity index is 670. The Balaban J connectivity index is 1.81. The first-order valence-electron chi connectivity index (χ1n) is 7.29. The number of nitrogens with two attached hydrogens (primary N) is 2. The summed E-state index contributed by atoms with van der Waals surface area (Å²) >= 11 is 0. The van der Waals surface area contributed by atoms with Crippen molar-refractivity contribution in [3.8, 4) is 0 Å². The number of amides is 1. The van der Waals surface area contributed by atoms with Crippen molar-refractivity contribution in [1.29, 1.82) is 0 Å². The second kappa shape index (κ2) is 5.69. The van der Waals surface area contributed by atoms with E-state index in [1.807, 2.05) is 24.3 Å². The van der Waals surface area contributed by atoms with Gasteiger partial charge in [0.05, 0.1) is 11.4 Å². The van der Waals surface area contributed by atoms with Crippen molar-refractivity contribution < 1.29 is 4.79 Å². The molecule has 1 aliphatic rings. The van der Waals surface area contributed by atoms with Gasteiger partial charge in [0, 0.05) is 24.0 Å². The predicted octanol–water partition coefficient (Wildman–Crippen LogP) is 1.51. The van der Waals surface area contributed by atoms with Crippen molar-refractivity contribution in [3.63, 3.8) is 0 Å². The summed E-state index contributed by atoms with van der Waals surface area (Å²) in [7, 11) is 0. The minimum atomic E-state index is -0.204. The molecule has 0 radical (unpaired) electrons. The van der Waals surface area contributed by atoms with E-state index in [1.165, 1.54) is 0 Å². The molecule has 110 valence electrons. The number of carbonyl (C=O) groups excluding carboxylic acids is 1. The first-order chi connectivity index (χ1) is 10.1. The topological polar surface area (TPSA) is 85.2 Å². The van der Waals surface area contributed by atoms with E-state index >= 15 is 0 Å². The number of nitrogen functional groups attached to an aromatic ring is 1. The maximum atomic E-state index is 11.4. The molecule has 21 heavy (non-hydrogen) atoms. The Kier molecular flexibility index (Phi) is 3.75. The standard InChI is InChI=1S/C16H20N4O/c17-15-13(8-11-4-1-2-6-14(11)19-15)10-20-7-3-5-12(9-20)16(18)21/h1-2,4,6,8,12H,3,5,7,9-10H2,(H2,17,19)(H2,18,21). The highest BCUT2D eigenvalue weighted by Crippen LogP contribution is 2.23. The van der Waals surface area contributed by atoms with Gasteiger partial charge < -0.3 is 11.5 Å². The van der Waals surface area contributed by atoms with Gasteiger partial charge in [-0.3, -0.25) is 9.69 Å². The molecule has 0 spiro atoms. The van der Waals surface area contributed by atoms with Gasteiger partial charge in [-0.05, 0) is 31.5 Å². The zero-order valence-electron chi connectivity index (χ0n) is 12.0. The third-order valence-corrected chi connectivity index (χ3v) is 4.14. The molecule has 1 unspecified atom stereocenters. The lowest BCUT2D eigenvalue weighted by Crippen LogP contribution is -2.40. The van der Waals surface area contributed by atoms with E-state index in [0.717, 1.165) is 35.9 Å². The number of nitrogens with zero attached hydrogens (tertiary/aromatic N) is 2. The summed E-state index contributed by atoms with van der Waals surface area (Å²) in [5.41, 5.74) is 13.4. The molecule has 1 atom stereocenters. The number of para-hydroxylation sites is 1. The number of rotatable bonds is 3. The summed E-state index contributed by atoms with van der Waals surface area (Å²) < 4.78 is 0. The molecule has 1 saturated heterocycles. The van der Waals surface area contributed by atoms with Crippen molar-refractivity contribution in [1.82, 2.24) is 9.88 Å². The number of anilines is 1. The van der Waals surface area contributed by atoms with Gasteiger partial charge in [0.15, 0.2) is 0 Å². The fraction of sp³-hybridized carbons (Fsp3) is 0.375.